The Bertz CT molecular complexity index is 990. The van der Waals surface area contributed by atoms with E-state index in [9.17, 15) is 9.59 Å². The number of carbonyl (C=O) groups is 2. The van der Waals surface area contributed by atoms with E-state index in [2.05, 4.69) is 5.10 Å². The van der Waals surface area contributed by atoms with Crippen molar-refractivity contribution in [1.82, 2.24) is 9.78 Å². The molecule has 1 aromatic heterocycles. The highest BCUT2D eigenvalue weighted by molar-refractivity contribution is 6.04. The fraction of sp³-hybridized carbons (Fsp3) is 0.542. The molecule has 2 amide bonds. The first-order chi connectivity index (χ1) is 15.0. The number of rotatable bonds is 4. The lowest BCUT2D eigenvalue weighted by Gasteiger charge is -2.41. The number of amides is 2. The molecule has 1 aromatic carbocycles. The van der Waals surface area contributed by atoms with Gasteiger partial charge in [-0.3, -0.25) is 14.3 Å². The Kier molecular flexibility index (Phi) is 5.30. The molecule has 1 atom stereocenters. The maximum absolute atomic E-state index is 13.3. The zero-order valence-electron chi connectivity index (χ0n) is 18.3. The van der Waals surface area contributed by atoms with Crippen LogP contribution >= 0.6 is 0 Å². The van der Waals surface area contributed by atoms with Crippen LogP contribution in [-0.2, 0) is 14.3 Å². The van der Waals surface area contributed by atoms with Gasteiger partial charge in [-0.1, -0.05) is 18.9 Å². The predicted octanol–water partition coefficient (Wildman–Crippen LogP) is 3.79. The summed E-state index contributed by atoms with van der Waals surface area (Å²) in [5.74, 6) is 0.660. The molecule has 5 rings (SSSR count). The van der Waals surface area contributed by atoms with E-state index in [4.69, 9.17) is 4.74 Å². The van der Waals surface area contributed by atoms with Crippen LogP contribution in [0.1, 0.15) is 52.0 Å². The molecule has 2 fully saturated rings. The number of fused-ring (bicyclic) bond motifs is 1. The summed E-state index contributed by atoms with van der Waals surface area (Å²) in [7, 11) is 0. The fourth-order valence-corrected chi connectivity index (χ4v) is 5.16. The second-order valence-electron chi connectivity index (χ2n) is 9.20. The van der Waals surface area contributed by atoms with Crippen molar-refractivity contribution in [2.24, 2.45) is 5.92 Å². The number of benzene rings is 1. The molecule has 7 heteroatoms. The molecule has 3 heterocycles. The Morgan fingerprint density at radius 3 is 2.58 bits per heavy atom. The van der Waals surface area contributed by atoms with E-state index in [1.54, 1.807) is 6.92 Å². The molecular formula is C24H30N4O3. The minimum absolute atomic E-state index is 0.00203. The number of hydrogen-bond acceptors (Lipinski definition) is 4. The molecule has 164 valence electrons. The molecule has 2 aromatic rings. The van der Waals surface area contributed by atoms with E-state index in [1.165, 1.54) is 12.8 Å². The van der Waals surface area contributed by atoms with Gasteiger partial charge in [0, 0.05) is 31.6 Å². The summed E-state index contributed by atoms with van der Waals surface area (Å²) in [6.07, 6.45) is 9.23. The predicted molar refractivity (Wildman–Crippen MR) is 119 cm³/mol. The van der Waals surface area contributed by atoms with Crippen LogP contribution in [0.5, 0.6) is 0 Å². The smallest absolute Gasteiger partial charge is 0.227 e. The van der Waals surface area contributed by atoms with Crippen LogP contribution in [0.25, 0.3) is 11.1 Å². The van der Waals surface area contributed by atoms with Crippen molar-refractivity contribution >= 4 is 23.2 Å². The van der Waals surface area contributed by atoms with Crippen LogP contribution in [0.4, 0.5) is 11.4 Å². The second-order valence-corrected chi connectivity index (χ2v) is 9.20. The highest BCUT2D eigenvalue weighted by Crippen LogP contribution is 2.40. The molecule has 0 radical (unpaired) electrons. The molecule has 3 aliphatic rings. The first-order valence-corrected chi connectivity index (χ1v) is 11.4. The Morgan fingerprint density at radius 1 is 1.13 bits per heavy atom. The minimum atomic E-state index is -0.0512. The zero-order valence-corrected chi connectivity index (χ0v) is 18.3. The molecule has 0 bridgehead atoms. The number of hydrogen-bond donors (Lipinski definition) is 0. The van der Waals surface area contributed by atoms with Gasteiger partial charge in [-0.25, -0.2) is 0 Å². The van der Waals surface area contributed by atoms with E-state index in [-0.39, 0.29) is 17.9 Å². The van der Waals surface area contributed by atoms with Gasteiger partial charge in [0.05, 0.1) is 42.9 Å². The Balaban J connectivity index is 1.49. The highest BCUT2D eigenvalue weighted by atomic mass is 16.5. The third-order valence-electron chi connectivity index (χ3n) is 6.92. The van der Waals surface area contributed by atoms with Crippen molar-refractivity contribution in [2.75, 3.05) is 29.6 Å². The third-order valence-corrected chi connectivity index (χ3v) is 6.92. The molecular weight excluding hydrogens is 392 g/mol. The molecule has 1 saturated heterocycles. The minimum Gasteiger partial charge on any atom is -0.377 e. The molecule has 31 heavy (non-hydrogen) atoms. The summed E-state index contributed by atoms with van der Waals surface area (Å²) in [6, 6.07) is 6.28. The summed E-state index contributed by atoms with van der Waals surface area (Å²) < 4.78 is 7.22. The first kappa shape index (κ1) is 20.2. The van der Waals surface area contributed by atoms with E-state index >= 15 is 0 Å². The summed E-state index contributed by atoms with van der Waals surface area (Å²) in [5, 5.41) is 4.50. The maximum Gasteiger partial charge on any atom is 0.227 e. The molecule has 0 N–H and O–H groups in total. The van der Waals surface area contributed by atoms with Crippen LogP contribution in [-0.4, -0.2) is 47.4 Å². The lowest BCUT2D eigenvalue weighted by atomic mass is 9.99. The maximum atomic E-state index is 13.3. The zero-order chi connectivity index (χ0) is 21.5. The summed E-state index contributed by atoms with van der Waals surface area (Å²) in [6.45, 7) is 5.52. The fourth-order valence-electron chi connectivity index (χ4n) is 5.16. The van der Waals surface area contributed by atoms with Gasteiger partial charge in [-0.05, 0) is 43.4 Å². The van der Waals surface area contributed by atoms with E-state index in [0.717, 1.165) is 35.3 Å². The number of anilines is 2. The molecule has 7 nitrogen and oxygen atoms in total. The standard InChI is InChI=1S/C24H30N4O3/c1-16-12-26(24(30)9-18-5-3-4-6-18)23-10-19(7-8-22(23)28(16)17(2)29)20-11-25-27(13-20)21-14-31-15-21/h7-8,10-11,13,16,18,21H,3-6,9,12,14-15H2,1-2H3. The van der Waals surface area contributed by atoms with Crippen LogP contribution < -0.4 is 9.80 Å². The number of nitrogens with zero attached hydrogens (tertiary/aromatic N) is 4. The van der Waals surface area contributed by atoms with Gasteiger partial charge in [0.2, 0.25) is 11.8 Å². The molecule has 2 aliphatic heterocycles. The van der Waals surface area contributed by atoms with Gasteiger partial charge in [-0.15, -0.1) is 0 Å². The van der Waals surface area contributed by atoms with Crippen molar-refractivity contribution in [3.05, 3.63) is 30.6 Å². The van der Waals surface area contributed by atoms with Gasteiger partial charge < -0.3 is 14.5 Å². The quantitative estimate of drug-likeness (QED) is 0.752. The average Bonchev–Trinajstić information content (AvgIpc) is 3.37. The SMILES string of the molecule is CC(=O)N1c2ccc(-c3cnn(C4COC4)c3)cc2N(C(=O)CC2CCCC2)CC1C. The molecule has 1 saturated carbocycles. The van der Waals surface area contributed by atoms with Crippen LogP contribution in [0.2, 0.25) is 0 Å². The Labute approximate surface area is 183 Å². The lowest BCUT2D eigenvalue weighted by molar-refractivity contribution is -0.120. The second kappa shape index (κ2) is 8.11. The Hall–Kier alpha value is -2.67. The van der Waals surface area contributed by atoms with Crippen molar-refractivity contribution in [3.63, 3.8) is 0 Å². The monoisotopic (exact) mass is 422 g/mol. The number of carbonyl (C=O) groups excluding carboxylic acids is 2. The van der Waals surface area contributed by atoms with Crippen molar-refractivity contribution < 1.29 is 14.3 Å². The molecule has 1 unspecified atom stereocenters. The molecule has 1 aliphatic carbocycles. The van der Waals surface area contributed by atoms with Crippen LogP contribution in [0.3, 0.4) is 0 Å². The average molecular weight is 423 g/mol. The van der Waals surface area contributed by atoms with Gasteiger partial charge in [0.25, 0.3) is 0 Å². The number of ether oxygens (including phenoxy) is 1. The van der Waals surface area contributed by atoms with Gasteiger partial charge in [0.1, 0.15) is 0 Å². The first-order valence-electron chi connectivity index (χ1n) is 11.4. The summed E-state index contributed by atoms with van der Waals surface area (Å²) in [4.78, 5) is 29.4. The van der Waals surface area contributed by atoms with Crippen LogP contribution in [0.15, 0.2) is 30.6 Å². The Morgan fingerprint density at radius 2 is 1.90 bits per heavy atom. The van der Waals surface area contributed by atoms with E-state index in [0.29, 0.717) is 38.1 Å². The van der Waals surface area contributed by atoms with Gasteiger partial charge in [0.15, 0.2) is 0 Å². The topological polar surface area (TPSA) is 67.7 Å². The highest BCUT2D eigenvalue weighted by Gasteiger charge is 2.34. The van der Waals surface area contributed by atoms with Gasteiger partial charge >= 0.3 is 0 Å². The normalized spacial score (nSPS) is 21.8. The van der Waals surface area contributed by atoms with E-state index in [1.807, 2.05) is 52.0 Å². The lowest BCUT2D eigenvalue weighted by Crippen LogP contribution is -2.51. The summed E-state index contributed by atoms with van der Waals surface area (Å²) in [5.41, 5.74) is 3.65. The van der Waals surface area contributed by atoms with Gasteiger partial charge in [-0.2, -0.15) is 5.10 Å². The summed E-state index contributed by atoms with van der Waals surface area (Å²) >= 11 is 0. The largest absolute Gasteiger partial charge is 0.377 e. The van der Waals surface area contributed by atoms with Crippen LogP contribution in [0, 0.1) is 5.92 Å². The van der Waals surface area contributed by atoms with E-state index < -0.39 is 0 Å². The van der Waals surface area contributed by atoms with Crippen molar-refractivity contribution in [2.45, 2.75) is 58.0 Å². The van der Waals surface area contributed by atoms with Crippen molar-refractivity contribution in [3.8, 4) is 11.1 Å². The van der Waals surface area contributed by atoms with Crippen molar-refractivity contribution in [1.29, 1.82) is 0 Å². The third kappa shape index (κ3) is 3.76. The molecule has 0 spiro atoms. The number of aromatic nitrogens is 2.